The van der Waals surface area contributed by atoms with Gasteiger partial charge >= 0.3 is 0 Å². The smallest absolute Gasteiger partial charge is 0.141 e. The SMILES string of the molecule is CCC(N[C@H](CO)c1ccccc1)c1ccc(F)cn1. The molecule has 1 aromatic carbocycles. The first-order chi connectivity index (χ1) is 9.74. The number of halogens is 1. The van der Waals surface area contributed by atoms with Gasteiger partial charge in [0.2, 0.25) is 0 Å². The van der Waals surface area contributed by atoms with Gasteiger partial charge < -0.3 is 5.11 Å². The summed E-state index contributed by atoms with van der Waals surface area (Å²) >= 11 is 0. The van der Waals surface area contributed by atoms with E-state index in [0.717, 1.165) is 17.7 Å². The van der Waals surface area contributed by atoms with Crippen molar-refractivity contribution in [1.82, 2.24) is 10.3 Å². The van der Waals surface area contributed by atoms with Crippen molar-refractivity contribution >= 4 is 0 Å². The molecular weight excluding hydrogens is 255 g/mol. The Morgan fingerprint density at radius 2 is 1.90 bits per heavy atom. The molecule has 0 bridgehead atoms. The minimum atomic E-state index is -0.342. The first-order valence-electron chi connectivity index (χ1n) is 6.78. The zero-order chi connectivity index (χ0) is 14.4. The molecule has 0 aliphatic heterocycles. The largest absolute Gasteiger partial charge is 0.394 e. The number of benzene rings is 1. The molecule has 0 saturated carbocycles. The van der Waals surface area contributed by atoms with Crippen molar-refractivity contribution in [2.24, 2.45) is 0 Å². The Kier molecular flexibility index (Phi) is 5.21. The summed E-state index contributed by atoms with van der Waals surface area (Å²) in [5, 5.41) is 12.9. The molecule has 106 valence electrons. The first kappa shape index (κ1) is 14.6. The molecule has 2 N–H and O–H groups in total. The molecule has 0 spiro atoms. The molecule has 3 nitrogen and oxygen atoms in total. The Morgan fingerprint density at radius 1 is 1.15 bits per heavy atom. The summed E-state index contributed by atoms with van der Waals surface area (Å²) in [6.07, 6.45) is 2.03. The van der Waals surface area contributed by atoms with E-state index in [2.05, 4.69) is 10.3 Å². The maximum absolute atomic E-state index is 12.9. The molecule has 2 rings (SSSR count). The average molecular weight is 274 g/mol. The van der Waals surface area contributed by atoms with E-state index in [0.29, 0.717) is 0 Å². The lowest BCUT2D eigenvalue weighted by atomic mass is 10.0. The van der Waals surface area contributed by atoms with Crippen molar-refractivity contribution in [3.8, 4) is 0 Å². The van der Waals surface area contributed by atoms with E-state index >= 15 is 0 Å². The highest BCUT2D eigenvalue weighted by Crippen LogP contribution is 2.20. The fraction of sp³-hybridized carbons (Fsp3) is 0.312. The predicted octanol–water partition coefficient (Wildman–Crippen LogP) is 3.00. The lowest BCUT2D eigenvalue weighted by Gasteiger charge is -2.23. The fourth-order valence-electron chi connectivity index (χ4n) is 2.19. The summed E-state index contributed by atoms with van der Waals surface area (Å²) in [6, 6.07) is 12.7. The molecule has 1 heterocycles. The number of aromatic nitrogens is 1. The molecule has 1 unspecified atom stereocenters. The van der Waals surface area contributed by atoms with Gasteiger partial charge in [-0.05, 0) is 24.1 Å². The van der Waals surface area contributed by atoms with E-state index in [1.54, 1.807) is 6.07 Å². The number of aliphatic hydroxyl groups is 1. The van der Waals surface area contributed by atoms with Crippen LogP contribution in [0.15, 0.2) is 48.7 Å². The van der Waals surface area contributed by atoms with Gasteiger partial charge in [0, 0.05) is 6.04 Å². The van der Waals surface area contributed by atoms with Crippen LogP contribution in [0.4, 0.5) is 4.39 Å². The van der Waals surface area contributed by atoms with E-state index in [1.807, 2.05) is 37.3 Å². The van der Waals surface area contributed by atoms with Gasteiger partial charge in [0.15, 0.2) is 0 Å². The van der Waals surface area contributed by atoms with E-state index in [1.165, 1.54) is 12.3 Å². The molecule has 0 aliphatic rings. The van der Waals surface area contributed by atoms with Gasteiger partial charge in [-0.25, -0.2) is 4.39 Å². The van der Waals surface area contributed by atoms with Gasteiger partial charge in [-0.1, -0.05) is 37.3 Å². The van der Waals surface area contributed by atoms with Crippen molar-refractivity contribution in [2.75, 3.05) is 6.61 Å². The number of hydrogen-bond acceptors (Lipinski definition) is 3. The molecule has 0 fully saturated rings. The Labute approximate surface area is 118 Å². The summed E-state index contributed by atoms with van der Waals surface area (Å²) in [6.45, 7) is 2.03. The molecule has 2 atom stereocenters. The summed E-state index contributed by atoms with van der Waals surface area (Å²) < 4.78 is 12.9. The highest BCUT2D eigenvalue weighted by molar-refractivity contribution is 5.20. The van der Waals surface area contributed by atoms with Crippen LogP contribution in [0, 0.1) is 5.82 Å². The Bertz CT molecular complexity index is 516. The number of rotatable bonds is 6. The van der Waals surface area contributed by atoms with Crippen molar-refractivity contribution in [2.45, 2.75) is 25.4 Å². The number of nitrogens with one attached hydrogen (secondary N) is 1. The second kappa shape index (κ2) is 7.12. The third kappa shape index (κ3) is 3.62. The maximum Gasteiger partial charge on any atom is 0.141 e. The van der Waals surface area contributed by atoms with Crippen LogP contribution < -0.4 is 5.32 Å². The first-order valence-corrected chi connectivity index (χ1v) is 6.78. The van der Waals surface area contributed by atoms with Gasteiger partial charge in [-0.2, -0.15) is 0 Å². The fourth-order valence-corrected chi connectivity index (χ4v) is 2.19. The van der Waals surface area contributed by atoms with E-state index < -0.39 is 0 Å². The molecule has 20 heavy (non-hydrogen) atoms. The quantitative estimate of drug-likeness (QED) is 0.851. The van der Waals surface area contributed by atoms with Gasteiger partial charge in [0.1, 0.15) is 5.82 Å². The molecule has 2 aromatic rings. The number of hydrogen-bond donors (Lipinski definition) is 2. The van der Waals surface area contributed by atoms with Crippen molar-refractivity contribution in [3.05, 3.63) is 65.7 Å². The average Bonchev–Trinajstić information content (AvgIpc) is 2.51. The van der Waals surface area contributed by atoms with Crippen LogP contribution in [0.2, 0.25) is 0 Å². The number of aliphatic hydroxyl groups excluding tert-OH is 1. The number of pyridine rings is 1. The van der Waals surface area contributed by atoms with Crippen LogP contribution in [-0.4, -0.2) is 16.7 Å². The summed E-state index contributed by atoms with van der Waals surface area (Å²) in [5.41, 5.74) is 1.80. The standard InChI is InChI=1S/C16H19FN2O/c1-2-14(15-9-8-13(17)10-18-15)19-16(11-20)12-6-4-3-5-7-12/h3-10,14,16,19-20H,2,11H2,1H3/t14?,16-/m1/s1. The Morgan fingerprint density at radius 3 is 2.45 bits per heavy atom. The number of nitrogens with zero attached hydrogens (tertiary/aromatic N) is 1. The van der Waals surface area contributed by atoms with Crippen molar-refractivity contribution in [3.63, 3.8) is 0 Å². The zero-order valence-electron chi connectivity index (χ0n) is 11.5. The Hall–Kier alpha value is -1.78. The predicted molar refractivity (Wildman–Crippen MR) is 76.6 cm³/mol. The van der Waals surface area contributed by atoms with Crippen LogP contribution in [0.1, 0.15) is 36.7 Å². The summed E-state index contributed by atoms with van der Waals surface area (Å²) in [5.74, 6) is -0.342. The molecule has 1 aromatic heterocycles. The molecule has 0 saturated heterocycles. The lowest BCUT2D eigenvalue weighted by Crippen LogP contribution is -2.29. The highest BCUT2D eigenvalue weighted by atomic mass is 19.1. The third-order valence-electron chi connectivity index (χ3n) is 3.30. The van der Waals surface area contributed by atoms with Crippen LogP contribution >= 0.6 is 0 Å². The van der Waals surface area contributed by atoms with Gasteiger partial charge in [0.05, 0.1) is 24.5 Å². The van der Waals surface area contributed by atoms with E-state index in [4.69, 9.17) is 0 Å². The summed E-state index contributed by atoms with van der Waals surface area (Å²) in [4.78, 5) is 4.11. The second-order valence-corrected chi connectivity index (χ2v) is 4.67. The molecule has 4 heteroatoms. The summed E-state index contributed by atoms with van der Waals surface area (Å²) in [7, 11) is 0. The molecule has 0 aliphatic carbocycles. The minimum Gasteiger partial charge on any atom is -0.394 e. The van der Waals surface area contributed by atoms with Crippen LogP contribution in [-0.2, 0) is 0 Å². The highest BCUT2D eigenvalue weighted by Gasteiger charge is 2.17. The monoisotopic (exact) mass is 274 g/mol. The normalized spacial score (nSPS) is 13.9. The minimum absolute atomic E-state index is 0.00169. The van der Waals surface area contributed by atoms with Crippen LogP contribution in [0.25, 0.3) is 0 Å². The molecular formula is C16H19FN2O. The van der Waals surface area contributed by atoms with Crippen LogP contribution in [0.5, 0.6) is 0 Å². The van der Waals surface area contributed by atoms with Crippen LogP contribution in [0.3, 0.4) is 0 Å². The third-order valence-corrected chi connectivity index (χ3v) is 3.30. The van der Waals surface area contributed by atoms with Gasteiger partial charge in [0.25, 0.3) is 0 Å². The topological polar surface area (TPSA) is 45.1 Å². The van der Waals surface area contributed by atoms with E-state index in [-0.39, 0.29) is 24.5 Å². The molecule has 0 amide bonds. The van der Waals surface area contributed by atoms with Crippen molar-refractivity contribution < 1.29 is 9.50 Å². The Balaban J connectivity index is 2.14. The van der Waals surface area contributed by atoms with Crippen molar-refractivity contribution in [1.29, 1.82) is 0 Å². The maximum atomic E-state index is 12.9. The van der Waals surface area contributed by atoms with Gasteiger partial charge in [-0.3, -0.25) is 10.3 Å². The second-order valence-electron chi connectivity index (χ2n) is 4.67. The van der Waals surface area contributed by atoms with Gasteiger partial charge in [-0.15, -0.1) is 0 Å². The lowest BCUT2D eigenvalue weighted by molar-refractivity contribution is 0.231. The zero-order valence-corrected chi connectivity index (χ0v) is 11.5. The molecule has 0 radical (unpaired) electrons. The van der Waals surface area contributed by atoms with E-state index in [9.17, 15) is 9.50 Å².